The molecule has 0 aliphatic heterocycles. The molecule has 0 aromatic carbocycles. The molecule has 72 heavy (non-hydrogen) atoms. The van der Waals surface area contributed by atoms with Crippen LogP contribution in [0, 0.1) is 0 Å². The minimum Gasteiger partial charge on any atom is -0.462 e. The molecule has 0 amide bonds. The Labute approximate surface area is 448 Å². The summed E-state index contributed by atoms with van der Waals surface area (Å²) in [6.45, 7) is 6.68. The van der Waals surface area contributed by atoms with Gasteiger partial charge in [0.05, 0.1) is 0 Å². The zero-order valence-corrected chi connectivity index (χ0v) is 48.5. The normalized spacial score (nSPS) is 11.8. The third-order valence-electron chi connectivity index (χ3n) is 14.3. The van der Waals surface area contributed by atoms with Crippen LogP contribution in [0.5, 0.6) is 0 Å². The number of hydrogen-bond acceptors (Lipinski definition) is 6. The fourth-order valence-electron chi connectivity index (χ4n) is 9.49. The standard InChI is InChI=1S/C66H122O6/c1-4-7-10-13-16-19-22-25-28-31-34-37-40-43-46-49-52-55-58-64(67)70-61-63(72-66(69)60-57-54-51-48-45-42-39-36-33-30-27-24-21-18-15-12-9-6-3)62-71-65(68)59-56-53-50-47-44-41-38-35-32-29-26-23-20-17-14-11-8-5-2/h34-39,63H,4-33,40-62H2,1-3H3/b37-34-,38-35-,39-36-. The van der Waals surface area contributed by atoms with Crippen LogP contribution in [0.2, 0.25) is 0 Å². The molecule has 0 radical (unpaired) electrons. The van der Waals surface area contributed by atoms with Gasteiger partial charge in [0, 0.05) is 19.3 Å². The van der Waals surface area contributed by atoms with Gasteiger partial charge >= 0.3 is 17.9 Å². The van der Waals surface area contributed by atoms with Gasteiger partial charge in [-0.1, -0.05) is 269 Å². The first-order valence-electron chi connectivity index (χ1n) is 32.0. The zero-order valence-electron chi connectivity index (χ0n) is 48.5. The molecule has 0 spiro atoms. The summed E-state index contributed by atoms with van der Waals surface area (Å²) in [5.41, 5.74) is 0. The second-order valence-corrected chi connectivity index (χ2v) is 21.7. The molecule has 6 heteroatoms. The highest BCUT2D eigenvalue weighted by Gasteiger charge is 2.19. The van der Waals surface area contributed by atoms with Crippen molar-refractivity contribution < 1.29 is 28.6 Å². The van der Waals surface area contributed by atoms with Crippen LogP contribution >= 0.6 is 0 Å². The van der Waals surface area contributed by atoms with E-state index in [0.717, 1.165) is 77.0 Å². The van der Waals surface area contributed by atoms with Gasteiger partial charge in [-0.15, -0.1) is 0 Å². The molecule has 0 saturated heterocycles. The summed E-state index contributed by atoms with van der Waals surface area (Å²) < 4.78 is 16.9. The van der Waals surface area contributed by atoms with Crippen LogP contribution in [0.25, 0.3) is 0 Å². The largest absolute Gasteiger partial charge is 0.462 e. The maximum atomic E-state index is 12.9. The summed E-state index contributed by atoms with van der Waals surface area (Å²) in [5, 5.41) is 0. The lowest BCUT2D eigenvalue weighted by atomic mass is 10.1. The van der Waals surface area contributed by atoms with E-state index in [1.165, 1.54) is 231 Å². The van der Waals surface area contributed by atoms with Gasteiger partial charge in [0.15, 0.2) is 6.10 Å². The molecule has 0 rings (SSSR count). The molecule has 0 heterocycles. The smallest absolute Gasteiger partial charge is 0.306 e. The Morgan fingerprint density at radius 2 is 0.458 bits per heavy atom. The molecule has 0 fully saturated rings. The first-order valence-corrected chi connectivity index (χ1v) is 32.0. The number of allylic oxidation sites excluding steroid dienone is 6. The van der Waals surface area contributed by atoms with Gasteiger partial charge in [-0.2, -0.15) is 0 Å². The Balaban J connectivity index is 4.38. The van der Waals surface area contributed by atoms with Gasteiger partial charge < -0.3 is 14.2 Å². The molecular weight excluding hydrogens is 889 g/mol. The number of unbranched alkanes of at least 4 members (excludes halogenated alkanes) is 42. The summed E-state index contributed by atoms with van der Waals surface area (Å²) in [7, 11) is 0. The predicted octanol–water partition coefficient (Wildman–Crippen LogP) is 21.6. The number of esters is 3. The van der Waals surface area contributed by atoms with E-state index in [-0.39, 0.29) is 31.1 Å². The van der Waals surface area contributed by atoms with Gasteiger partial charge in [0.1, 0.15) is 13.2 Å². The van der Waals surface area contributed by atoms with Crippen molar-refractivity contribution in [3.8, 4) is 0 Å². The SMILES string of the molecule is CCCCCCCCCCC/C=C\CCCCCCCC(=O)OCC(COC(=O)CCCCCCC/C=C\CCCCCCCCCCC)OC(=O)CCCCCCC/C=C\CCCCCCCCCCC. The molecule has 6 nitrogen and oxygen atoms in total. The average molecular weight is 1010 g/mol. The van der Waals surface area contributed by atoms with Crippen LogP contribution in [0.3, 0.4) is 0 Å². The monoisotopic (exact) mass is 1010 g/mol. The average Bonchev–Trinajstić information content (AvgIpc) is 3.38. The second-order valence-electron chi connectivity index (χ2n) is 21.7. The molecular formula is C66H122O6. The summed E-state index contributed by atoms with van der Waals surface area (Å²) in [6.07, 6.45) is 74.3. The van der Waals surface area contributed by atoms with E-state index in [9.17, 15) is 14.4 Å². The van der Waals surface area contributed by atoms with Crippen LogP contribution < -0.4 is 0 Å². The van der Waals surface area contributed by atoms with Crippen molar-refractivity contribution in [2.45, 2.75) is 354 Å². The Kier molecular flexibility index (Phi) is 59.2. The Bertz CT molecular complexity index is 1140. The fourth-order valence-corrected chi connectivity index (χ4v) is 9.49. The topological polar surface area (TPSA) is 78.9 Å². The van der Waals surface area contributed by atoms with E-state index >= 15 is 0 Å². The van der Waals surface area contributed by atoms with Gasteiger partial charge in [0.25, 0.3) is 0 Å². The summed E-state index contributed by atoms with van der Waals surface area (Å²) >= 11 is 0. The lowest BCUT2D eigenvalue weighted by Gasteiger charge is -2.18. The third-order valence-corrected chi connectivity index (χ3v) is 14.3. The van der Waals surface area contributed by atoms with Gasteiger partial charge in [0.2, 0.25) is 0 Å². The lowest BCUT2D eigenvalue weighted by molar-refractivity contribution is -0.167. The predicted molar refractivity (Wildman–Crippen MR) is 312 cm³/mol. The lowest BCUT2D eigenvalue weighted by Crippen LogP contribution is -2.30. The van der Waals surface area contributed by atoms with Gasteiger partial charge in [-0.05, 0) is 96.3 Å². The van der Waals surface area contributed by atoms with Crippen LogP contribution in [0.4, 0.5) is 0 Å². The van der Waals surface area contributed by atoms with Crippen LogP contribution in [-0.4, -0.2) is 37.2 Å². The van der Waals surface area contributed by atoms with Crippen molar-refractivity contribution in [1.82, 2.24) is 0 Å². The van der Waals surface area contributed by atoms with Crippen molar-refractivity contribution in [2.24, 2.45) is 0 Å². The number of carbonyl (C=O) groups is 3. The maximum Gasteiger partial charge on any atom is 0.306 e. The van der Waals surface area contributed by atoms with Crippen molar-refractivity contribution in [2.75, 3.05) is 13.2 Å². The Morgan fingerprint density at radius 1 is 0.264 bits per heavy atom. The number of rotatable bonds is 59. The van der Waals surface area contributed by atoms with E-state index in [2.05, 4.69) is 57.2 Å². The first-order chi connectivity index (χ1) is 35.5. The molecule has 0 aliphatic rings. The Morgan fingerprint density at radius 3 is 0.694 bits per heavy atom. The fraction of sp³-hybridized carbons (Fsp3) is 0.864. The van der Waals surface area contributed by atoms with Crippen molar-refractivity contribution in [3.05, 3.63) is 36.5 Å². The molecule has 0 aromatic heterocycles. The molecule has 0 unspecified atom stereocenters. The number of ether oxygens (including phenoxy) is 3. The van der Waals surface area contributed by atoms with Crippen molar-refractivity contribution in [3.63, 3.8) is 0 Å². The molecule has 0 saturated carbocycles. The Hall–Kier alpha value is -2.37. The maximum absolute atomic E-state index is 12.9. The minimum absolute atomic E-state index is 0.0798. The second kappa shape index (κ2) is 61.2. The molecule has 0 N–H and O–H groups in total. The quantitative estimate of drug-likeness (QED) is 0.0261. The molecule has 0 atom stereocenters. The van der Waals surface area contributed by atoms with E-state index in [4.69, 9.17) is 14.2 Å². The minimum atomic E-state index is -0.783. The summed E-state index contributed by atoms with van der Waals surface area (Å²) in [5.74, 6) is -0.882. The summed E-state index contributed by atoms with van der Waals surface area (Å²) in [6, 6.07) is 0. The first kappa shape index (κ1) is 69.6. The third kappa shape index (κ3) is 58.5. The van der Waals surface area contributed by atoms with Crippen molar-refractivity contribution >= 4 is 17.9 Å². The molecule has 422 valence electrons. The van der Waals surface area contributed by atoms with E-state index < -0.39 is 6.10 Å². The van der Waals surface area contributed by atoms with E-state index in [0.29, 0.717) is 19.3 Å². The molecule has 0 aromatic rings. The van der Waals surface area contributed by atoms with Gasteiger partial charge in [-0.3, -0.25) is 14.4 Å². The van der Waals surface area contributed by atoms with E-state index in [1.807, 2.05) is 0 Å². The van der Waals surface area contributed by atoms with Crippen molar-refractivity contribution in [1.29, 1.82) is 0 Å². The highest BCUT2D eigenvalue weighted by Crippen LogP contribution is 2.16. The zero-order chi connectivity index (χ0) is 52.2. The number of carbonyl (C=O) groups excluding carboxylic acids is 3. The highest BCUT2D eigenvalue weighted by molar-refractivity contribution is 5.71. The van der Waals surface area contributed by atoms with E-state index in [1.54, 1.807) is 0 Å². The summed E-state index contributed by atoms with van der Waals surface area (Å²) in [4.78, 5) is 38.3. The molecule has 0 aliphatic carbocycles. The van der Waals surface area contributed by atoms with Crippen LogP contribution in [0.15, 0.2) is 36.5 Å². The van der Waals surface area contributed by atoms with Crippen LogP contribution in [0.1, 0.15) is 348 Å². The van der Waals surface area contributed by atoms with Gasteiger partial charge in [-0.25, -0.2) is 0 Å². The number of hydrogen-bond donors (Lipinski definition) is 0. The van der Waals surface area contributed by atoms with Crippen LogP contribution in [-0.2, 0) is 28.6 Å². The highest BCUT2D eigenvalue weighted by atomic mass is 16.6. The molecule has 0 bridgehead atoms.